The van der Waals surface area contributed by atoms with Gasteiger partial charge in [-0.3, -0.25) is 0 Å². The molecule has 0 atom stereocenters. The number of benzene rings is 8. The molecule has 8 bridgehead atoms. The van der Waals surface area contributed by atoms with E-state index >= 15 is 0 Å². The first-order valence-electron chi connectivity index (χ1n) is 20.4. The van der Waals surface area contributed by atoms with Crippen LogP contribution >= 0.6 is 0 Å². The molecule has 0 spiro atoms. The summed E-state index contributed by atoms with van der Waals surface area (Å²) in [7, 11) is 0. The molecule has 0 fully saturated rings. The minimum atomic E-state index is 0. The van der Waals surface area contributed by atoms with E-state index < -0.39 is 0 Å². The van der Waals surface area contributed by atoms with Gasteiger partial charge in [-0.05, 0) is 143 Å². The van der Waals surface area contributed by atoms with Crippen LogP contribution in [-0.2, 0) is 20.4 Å². The van der Waals surface area contributed by atoms with Crippen molar-refractivity contribution in [2.24, 2.45) is 0 Å². The Kier molecular flexibility index (Phi) is 7.63. The second kappa shape index (κ2) is 13.1. The van der Waals surface area contributed by atoms with Gasteiger partial charge in [-0.2, -0.15) is 0 Å². The molecule has 3 aromatic heterocycles. The van der Waals surface area contributed by atoms with Crippen molar-refractivity contribution in [1.82, 2.24) is 19.9 Å². The topological polar surface area (TPSA) is 54.0 Å². The van der Waals surface area contributed by atoms with Crippen molar-refractivity contribution >= 4 is 86.7 Å². The maximum Gasteiger partial charge on any atom is 2.00 e. The number of hydrogen-bond donors (Lipinski definition) is 0. The third-order valence-corrected chi connectivity index (χ3v) is 12.6. The molecule has 0 N–H and O–H groups in total. The monoisotopic (exact) mass is 856 g/mol. The molecule has 0 saturated carbocycles. The molecular formula is C55H34N4Pd. The average Bonchev–Trinajstić information content (AvgIpc) is 3.98. The van der Waals surface area contributed by atoms with E-state index in [4.69, 9.17) is 19.9 Å². The summed E-state index contributed by atoms with van der Waals surface area (Å²) in [6.07, 6.45) is 0. The molecule has 5 heteroatoms. The predicted octanol–water partition coefficient (Wildman–Crippen LogP) is 14.3. The van der Waals surface area contributed by atoms with Crippen LogP contribution in [0.25, 0.3) is 132 Å². The summed E-state index contributed by atoms with van der Waals surface area (Å²) in [4.78, 5) is 22.2. The molecule has 0 aliphatic carbocycles. The minimum absolute atomic E-state index is 0. The Bertz CT molecular complexity index is 3830. The number of aromatic nitrogens is 4. The van der Waals surface area contributed by atoms with Crippen LogP contribution in [0.2, 0.25) is 0 Å². The van der Waals surface area contributed by atoms with Gasteiger partial charge in [-0.15, -0.1) is 22.1 Å². The Hall–Kier alpha value is -6.90. The molecule has 4 nitrogen and oxygen atoms in total. The summed E-state index contributed by atoms with van der Waals surface area (Å²) in [5.74, 6) is 0.116. The van der Waals surface area contributed by atoms with Crippen LogP contribution in [0.1, 0.15) is 25.3 Å². The third kappa shape index (κ3) is 5.20. The Balaban J connectivity index is 0.00000388. The van der Waals surface area contributed by atoms with Crippen LogP contribution in [0, 0.1) is 0 Å². The Morgan fingerprint density at radius 2 is 0.700 bits per heavy atom. The van der Waals surface area contributed by atoms with E-state index in [0.717, 1.165) is 94.2 Å². The molecule has 0 radical (unpaired) electrons. The van der Waals surface area contributed by atoms with E-state index in [-0.39, 0.29) is 26.3 Å². The molecule has 2 aliphatic rings. The third-order valence-electron chi connectivity index (χ3n) is 12.6. The molecular weight excluding hydrogens is 823 g/mol. The van der Waals surface area contributed by atoms with Gasteiger partial charge in [-0.25, -0.2) is 9.97 Å². The largest absolute Gasteiger partial charge is 2.00 e. The fourth-order valence-electron chi connectivity index (χ4n) is 9.73. The van der Waals surface area contributed by atoms with Crippen molar-refractivity contribution in [1.29, 1.82) is 0 Å². The fraction of sp³-hybridized carbons (Fsp3) is 0.0545. The first-order valence-corrected chi connectivity index (χ1v) is 20.4. The van der Waals surface area contributed by atoms with Crippen molar-refractivity contribution in [2.75, 3.05) is 0 Å². The van der Waals surface area contributed by atoms with E-state index in [0.29, 0.717) is 0 Å². The van der Waals surface area contributed by atoms with Crippen molar-refractivity contribution < 1.29 is 20.4 Å². The molecule has 0 saturated heterocycles. The molecule has 11 aromatic rings. The second-order valence-corrected chi connectivity index (χ2v) is 16.4. The quantitative estimate of drug-likeness (QED) is 0.154. The number of fused-ring (bicyclic) bond motifs is 24. The molecule has 8 aromatic carbocycles. The molecule has 60 heavy (non-hydrogen) atoms. The zero-order valence-electron chi connectivity index (χ0n) is 32.8. The van der Waals surface area contributed by atoms with Gasteiger partial charge in [0, 0.05) is 22.3 Å². The van der Waals surface area contributed by atoms with Crippen LogP contribution in [0.3, 0.4) is 0 Å². The van der Waals surface area contributed by atoms with E-state index in [9.17, 15) is 0 Å². The maximum absolute atomic E-state index is 5.63. The van der Waals surface area contributed by atoms with Crippen LogP contribution in [0.5, 0.6) is 0 Å². The zero-order valence-corrected chi connectivity index (χ0v) is 34.3. The van der Waals surface area contributed by atoms with Gasteiger partial charge in [0.2, 0.25) is 0 Å². The second-order valence-electron chi connectivity index (χ2n) is 16.4. The summed E-state index contributed by atoms with van der Waals surface area (Å²) in [5, 5.41) is 13.9. The van der Waals surface area contributed by atoms with Crippen LogP contribution < -0.4 is 9.97 Å². The fourth-order valence-corrected chi connectivity index (χ4v) is 9.73. The van der Waals surface area contributed by atoms with Crippen LogP contribution in [0.15, 0.2) is 164 Å². The number of hydrogen-bond acceptors (Lipinski definition) is 2. The van der Waals surface area contributed by atoms with Crippen molar-refractivity contribution in [3.8, 4) is 45.0 Å². The van der Waals surface area contributed by atoms with Gasteiger partial charge in [0.25, 0.3) is 0 Å². The Morgan fingerprint density at radius 1 is 0.367 bits per heavy atom. The van der Waals surface area contributed by atoms with Crippen LogP contribution in [-0.4, -0.2) is 9.97 Å². The SMILES string of the molecule is CC(C)c1c2nc(cc3[n-]c(cc4nc(cc5[n-]c1c1cc6ccccc6cc51)-c1cc5ccccc5cc1-4)c1cc4ccccc4cc31)-c1cc3ccccc3cc1-2.[Pd+2]. The Labute approximate surface area is 359 Å². The first-order chi connectivity index (χ1) is 29.0. The predicted molar refractivity (Wildman–Crippen MR) is 247 cm³/mol. The molecule has 2 aliphatic heterocycles. The summed E-state index contributed by atoms with van der Waals surface area (Å²) in [5.41, 5.74) is 12.9. The zero-order chi connectivity index (χ0) is 38.9. The van der Waals surface area contributed by atoms with Gasteiger partial charge in [-0.1, -0.05) is 111 Å². The van der Waals surface area contributed by atoms with Gasteiger partial charge >= 0.3 is 20.4 Å². The smallest absolute Gasteiger partial charge is 0.657 e. The standard InChI is InChI=1S/C55H34N4.Pd/c1-30(2)53-54-45-25-37-17-9-7-15-35(37)23-43(45)51(58-54)28-49-41-21-33-13-5-3-11-31(33)19-39(41)47(56-49)27-48-40-20-32-12-4-6-14-34(32)22-42(40)50(57-48)29-52-44-24-36-16-8-10-18-38(36)26-46(44)55(53)59-52;/h3-30H,1-2H3;/q-2;+2. The molecule has 0 unspecified atom stereocenters. The van der Waals surface area contributed by atoms with E-state index in [2.05, 4.69) is 178 Å². The average molecular weight is 857 g/mol. The van der Waals surface area contributed by atoms with E-state index in [1.807, 2.05) is 0 Å². The molecule has 284 valence electrons. The molecule has 5 heterocycles. The van der Waals surface area contributed by atoms with Gasteiger partial charge in [0.05, 0.1) is 22.8 Å². The minimum Gasteiger partial charge on any atom is -0.657 e. The van der Waals surface area contributed by atoms with Crippen molar-refractivity contribution in [3.05, 3.63) is 169 Å². The van der Waals surface area contributed by atoms with Crippen LogP contribution in [0.4, 0.5) is 0 Å². The van der Waals surface area contributed by atoms with Gasteiger partial charge < -0.3 is 9.97 Å². The van der Waals surface area contributed by atoms with Gasteiger partial charge in [0.1, 0.15) is 0 Å². The molecule has 13 rings (SSSR count). The maximum atomic E-state index is 5.63. The first kappa shape index (κ1) is 35.1. The summed E-state index contributed by atoms with van der Waals surface area (Å²) >= 11 is 0. The Morgan fingerprint density at radius 3 is 1.13 bits per heavy atom. The van der Waals surface area contributed by atoms with Crippen molar-refractivity contribution in [3.63, 3.8) is 0 Å². The number of nitrogens with zero attached hydrogens (tertiary/aromatic N) is 4. The van der Waals surface area contributed by atoms with E-state index in [1.165, 1.54) is 43.1 Å². The summed E-state index contributed by atoms with van der Waals surface area (Å²) in [6, 6.07) is 59.4. The van der Waals surface area contributed by atoms with Crippen molar-refractivity contribution in [2.45, 2.75) is 19.8 Å². The van der Waals surface area contributed by atoms with Gasteiger partial charge in [0.15, 0.2) is 0 Å². The summed E-state index contributed by atoms with van der Waals surface area (Å²) in [6.45, 7) is 4.54. The number of rotatable bonds is 1. The van der Waals surface area contributed by atoms with E-state index in [1.54, 1.807) is 0 Å². The normalized spacial score (nSPS) is 12.2. The summed E-state index contributed by atoms with van der Waals surface area (Å²) < 4.78 is 0. The molecule has 0 amide bonds.